The summed E-state index contributed by atoms with van der Waals surface area (Å²) in [5.74, 6) is 0. The molecule has 108 valence electrons. The van der Waals surface area contributed by atoms with E-state index in [1.807, 2.05) is 0 Å². The molecule has 0 aliphatic rings. The lowest BCUT2D eigenvalue weighted by Gasteiger charge is -2.12. The fourth-order valence-corrected chi connectivity index (χ4v) is 4.06. The van der Waals surface area contributed by atoms with Crippen LogP contribution < -0.4 is 16.0 Å². The number of benzene rings is 1. The van der Waals surface area contributed by atoms with Crippen molar-refractivity contribution in [1.29, 1.82) is 0 Å². The number of hydrogen-bond donors (Lipinski definition) is 4. The Labute approximate surface area is 116 Å². The van der Waals surface area contributed by atoms with Crippen LogP contribution >= 0.6 is 11.6 Å². The van der Waals surface area contributed by atoms with Crippen molar-refractivity contribution in [1.82, 2.24) is 0 Å². The van der Waals surface area contributed by atoms with Gasteiger partial charge in [0.25, 0.3) is 0 Å². The van der Waals surface area contributed by atoms with Crippen LogP contribution in [0.5, 0.6) is 0 Å². The van der Waals surface area contributed by atoms with Gasteiger partial charge in [-0.15, -0.1) is 0 Å². The third-order valence-corrected chi connectivity index (χ3v) is 5.23. The fourth-order valence-electron chi connectivity index (χ4n) is 1.24. The second kappa shape index (κ2) is 4.97. The molecule has 9 nitrogen and oxygen atoms in total. The molecule has 1 aromatic carbocycles. The van der Waals surface area contributed by atoms with E-state index in [9.17, 15) is 21.0 Å². The van der Waals surface area contributed by atoms with Gasteiger partial charge >= 0.3 is 0 Å². The lowest BCUT2D eigenvalue weighted by Crippen LogP contribution is -2.21. The SMILES string of the molecule is Nc1c(S(N)(=O)=O)cc(S(=O)O)c(Cl)c1S(N)(=O)=O. The average Bonchev–Trinajstić information content (AvgIpc) is 2.12. The maximum atomic E-state index is 11.3. The minimum Gasteiger partial charge on any atom is -0.396 e. The van der Waals surface area contributed by atoms with E-state index in [1.165, 1.54) is 0 Å². The highest BCUT2D eigenvalue weighted by molar-refractivity contribution is 7.90. The van der Waals surface area contributed by atoms with E-state index in [0.717, 1.165) is 0 Å². The van der Waals surface area contributed by atoms with Gasteiger partial charge in [0.15, 0.2) is 11.1 Å². The molecule has 0 saturated heterocycles. The molecular weight excluding hydrogens is 342 g/mol. The first-order valence-electron chi connectivity index (χ1n) is 4.15. The van der Waals surface area contributed by atoms with Crippen molar-refractivity contribution >= 4 is 48.4 Å². The van der Waals surface area contributed by atoms with E-state index in [-0.39, 0.29) is 0 Å². The normalized spacial score (nSPS) is 14.3. The number of nitrogen functional groups attached to an aromatic ring is 1. The van der Waals surface area contributed by atoms with Crippen LogP contribution in [-0.4, -0.2) is 25.6 Å². The first-order valence-corrected chi connectivity index (χ1v) is 8.73. The second-order valence-electron chi connectivity index (χ2n) is 3.27. The maximum Gasteiger partial charge on any atom is 0.241 e. The molecule has 0 aliphatic carbocycles. The zero-order valence-electron chi connectivity index (χ0n) is 8.90. The summed E-state index contributed by atoms with van der Waals surface area (Å²) < 4.78 is 65.1. The third kappa shape index (κ3) is 3.22. The van der Waals surface area contributed by atoms with Crippen LogP contribution in [0.1, 0.15) is 0 Å². The smallest absolute Gasteiger partial charge is 0.241 e. The van der Waals surface area contributed by atoms with E-state index in [2.05, 4.69) is 0 Å². The van der Waals surface area contributed by atoms with Crippen LogP contribution in [0.2, 0.25) is 5.02 Å². The van der Waals surface area contributed by atoms with Crippen molar-refractivity contribution in [3.63, 3.8) is 0 Å². The van der Waals surface area contributed by atoms with Gasteiger partial charge < -0.3 is 10.3 Å². The Balaban J connectivity index is 4.05. The van der Waals surface area contributed by atoms with E-state index >= 15 is 0 Å². The van der Waals surface area contributed by atoms with Crippen molar-refractivity contribution in [2.75, 3.05) is 5.73 Å². The summed E-state index contributed by atoms with van der Waals surface area (Å²) in [5.41, 5.74) is 4.53. The fraction of sp³-hybridized carbons (Fsp3) is 0. The molecule has 0 spiro atoms. The first-order chi connectivity index (χ1) is 8.37. The molecule has 1 unspecified atom stereocenters. The molecule has 0 aliphatic heterocycles. The van der Waals surface area contributed by atoms with Gasteiger partial charge in [-0.05, 0) is 6.07 Å². The van der Waals surface area contributed by atoms with Crippen LogP contribution in [0.4, 0.5) is 5.69 Å². The molecule has 0 heterocycles. The van der Waals surface area contributed by atoms with Gasteiger partial charge in [-0.2, -0.15) is 0 Å². The highest BCUT2D eigenvalue weighted by Crippen LogP contribution is 2.36. The van der Waals surface area contributed by atoms with Crippen LogP contribution in [-0.2, 0) is 31.1 Å². The maximum absolute atomic E-state index is 11.3. The molecular formula is C6H8ClN3O6S3. The summed E-state index contributed by atoms with van der Waals surface area (Å²) in [6.07, 6.45) is 0. The van der Waals surface area contributed by atoms with Gasteiger partial charge in [0.05, 0.1) is 15.6 Å². The van der Waals surface area contributed by atoms with Crippen molar-refractivity contribution in [2.45, 2.75) is 14.7 Å². The third-order valence-electron chi connectivity index (χ3n) is 1.97. The minimum atomic E-state index is -4.53. The Morgan fingerprint density at radius 2 is 1.63 bits per heavy atom. The molecule has 0 aromatic heterocycles. The average molecular weight is 350 g/mol. The number of rotatable bonds is 3. The Bertz CT molecular complexity index is 772. The van der Waals surface area contributed by atoms with Crippen LogP contribution in [0, 0.1) is 0 Å². The minimum absolute atomic E-state index is 0.609. The Morgan fingerprint density at radius 1 is 1.16 bits per heavy atom. The molecule has 7 N–H and O–H groups in total. The number of sulfonamides is 2. The molecule has 0 saturated carbocycles. The number of nitrogens with two attached hydrogens (primary N) is 3. The summed E-state index contributed by atoms with van der Waals surface area (Å²) in [5, 5.41) is 8.91. The zero-order valence-corrected chi connectivity index (χ0v) is 12.1. The summed E-state index contributed by atoms with van der Waals surface area (Å²) in [7, 11) is -8.96. The molecule has 1 atom stereocenters. The Kier molecular flexibility index (Phi) is 4.26. The molecule has 0 amide bonds. The first kappa shape index (κ1) is 16.3. The highest BCUT2D eigenvalue weighted by atomic mass is 35.5. The highest BCUT2D eigenvalue weighted by Gasteiger charge is 2.28. The van der Waals surface area contributed by atoms with Crippen LogP contribution in [0.25, 0.3) is 0 Å². The van der Waals surface area contributed by atoms with Crippen LogP contribution in [0.15, 0.2) is 20.8 Å². The molecule has 0 fully saturated rings. The van der Waals surface area contributed by atoms with Gasteiger partial charge in [-0.1, -0.05) is 11.6 Å². The largest absolute Gasteiger partial charge is 0.396 e. The second-order valence-corrected chi connectivity index (χ2v) is 7.61. The lowest BCUT2D eigenvalue weighted by molar-refractivity contribution is 0.564. The Hall–Kier alpha value is -0.760. The van der Waals surface area contributed by atoms with Crippen molar-refractivity contribution in [3.8, 4) is 0 Å². The number of halogens is 1. The topological polar surface area (TPSA) is 184 Å². The summed E-state index contributed by atoms with van der Waals surface area (Å²) in [6, 6.07) is 0.609. The number of primary sulfonamides is 2. The molecule has 0 bridgehead atoms. The van der Waals surface area contributed by atoms with E-state index in [1.54, 1.807) is 0 Å². The molecule has 0 radical (unpaired) electrons. The molecule has 1 rings (SSSR count). The number of anilines is 1. The van der Waals surface area contributed by atoms with Crippen molar-refractivity contribution < 1.29 is 25.6 Å². The van der Waals surface area contributed by atoms with E-state index in [0.29, 0.717) is 6.07 Å². The van der Waals surface area contributed by atoms with E-state index < -0.39 is 56.5 Å². The lowest BCUT2D eigenvalue weighted by atomic mass is 10.3. The van der Waals surface area contributed by atoms with Crippen molar-refractivity contribution in [3.05, 3.63) is 11.1 Å². The standard InChI is InChI=1S/C6H8ClN3O6S3/c7-4-2(17(11)12)1-3(18(9,13)14)5(8)6(4)19(10,15)16/h1H,8H2,(H,11,12)(H2,9,13,14)(H2,10,15,16). The van der Waals surface area contributed by atoms with Gasteiger partial charge in [0.2, 0.25) is 20.0 Å². The predicted octanol–water partition coefficient (Wildman–Crippen LogP) is -1.20. The van der Waals surface area contributed by atoms with Crippen LogP contribution in [0.3, 0.4) is 0 Å². The van der Waals surface area contributed by atoms with Gasteiger partial charge in [-0.3, -0.25) is 0 Å². The van der Waals surface area contributed by atoms with Gasteiger partial charge in [0, 0.05) is 0 Å². The van der Waals surface area contributed by atoms with Gasteiger partial charge in [-0.25, -0.2) is 31.3 Å². The van der Waals surface area contributed by atoms with E-state index in [4.69, 9.17) is 32.2 Å². The summed E-state index contributed by atoms with van der Waals surface area (Å²) >= 11 is 2.82. The summed E-state index contributed by atoms with van der Waals surface area (Å²) in [4.78, 5) is -2.53. The van der Waals surface area contributed by atoms with Crippen molar-refractivity contribution in [2.24, 2.45) is 10.3 Å². The zero-order chi connectivity index (χ0) is 15.2. The molecule has 1 aromatic rings. The number of hydrogen-bond acceptors (Lipinski definition) is 6. The quantitative estimate of drug-likeness (QED) is 0.389. The molecule has 19 heavy (non-hydrogen) atoms. The summed E-state index contributed by atoms with van der Waals surface area (Å²) in [6.45, 7) is 0. The predicted molar refractivity (Wildman–Crippen MR) is 67.6 cm³/mol. The Morgan fingerprint density at radius 3 is 1.95 bits per heavy atom. The monoisotopic (exact) mass is 349 g/mol. The molecule has 13 heteroatoms. The van der Waals surface area contributed by atoms with Gasteiger partial charge in [0.1, 0.15) is 9.79 Å².